The molecule has 0 fully saturated rings. The van der Waals surface area contributed by atoms with E-state index in [9.17, 15) is 9.59 Å². The highest BCUT2D eigenvalue weighted by atomic mass is 16.1. The molecule has 0 atom stereocenters. The van der Waals surface area contributed by atoms with Crippen molar-refractivity contribution in [3.05, 3.63) is 12.2 Å². The second-order valence-corrected chi connectivity index (χ2v) is 5.56. The fraction of sp³-hybridized carbons (Fsp3) is 0.714. The number of rotatable bonds is 8. The van der Waals surface area contributed by atoms with Crippen LogP contribution in [0.4, 0.5) is 0 Å². The molecule has 0 unspecified atom stereocenters. The summed E-state index contributed by atoms with van der Waals surface area (Å²) >= 11 is 0. The summed E-state index contributed by atoms with van der Waals surface area (Å²) in [5.74, 6) is 0.852. The number of aldehydes is 1. The number of ketones is 1. The average Bonchev–Trinajstić information content (AvgIpc) is 2.11. The van der Waals surface area contributed by atoms with Crippen LogP contribution in [0.15, 0.2) is 12.2 Å². The van der Waals surface area contributed by atoms with Crippen molar-refractivity contribution in [3.63, 3.8) is 0 Å². The monoisotopic (exact) mass is 224 g/mol. The Bertz CT molecular complexity index is 249. The van der Waals surface area contributed by atoms with Crippen molar-refractivity contribution in [1.29, 1.82) is 0 Å². The molecule has 0 aliphatic rings. The van der Waals surface area contributed by atoms with Crippen LogP contribution in [0.2, 0.25) is 0 Å². The summed E-state index contributed by atoms with van der Waals surface area (Å²) in [5, 5.41) is 0. The van der Waals surface area contributed by atoms with Gasteiger partial charge in [0.05, 0.1) is 0 Å². The van der Waals surface area contributed by atoms with Crippen LogP contribution in [0.25, 0.3) is 0 Å². The number of hydrogen-bond acceptors (Lipinski definition) is 2. The molecular formula is C14H24O2. The van der Waals surface area contributed by atoms with E-state index in [1.165, 1.54) is 0 Å². The molecule has 0 saturated heterocycles. The van der Waals surface area contributed by atoms with Crippen molar-refractivity contribution in [2.24, 2.45) is 11.3 Å². The van der Waals surface area contributed by atoms with Crippen LogP contribution >= 0.6 is 0 Å². The largest absolute Gasteiger partial charge is 0.303 e. The van der Waals surface area contributed by atoms with Crippen molar-refractivity contribution in [2.45, 2.75) is 53.4 Å². The quantitative estimate of drug-likeness (QED) is 0.466. The van der Waals surface area contributed by atoms with E-state index in [-0.39, 0.29) is 11.2 Å². The highest BCUT2D eigenvalue weighted by molar-refractivity contribution is 5.80. The Labute approximate surface area is 99.1 Å². The minimum absolute atomic E-state index is 0.190. The van der Waals surface area contributed by atoms with E-state index in [2.05, 4.69) is 19.9 Å². The number of hydrogen-bond donors (Lipinski definition) is 0. The molecule has 0 aliphatic carbocycles. The standard InChI is InChI=1S/C14H24O2/c1-12(2)7-5-6-8-13(16)11-14(3,4)9-10-15/h5-6,10,12H,7-9,11H2,1-4H3. The number of Topliss-reactive ketones (excluding diaryl/α,β-unsaturated/α-hetero) is 1. The molecule has 0 radical (unpaired) electrons. The third-order valence-electron chi connectivity index (χ3n) is 2.43. The topological polar surface area (TPSA) is 34.1 Å². The Morgan fingerprint density at radius 1 is 1.25 bits per heavy atom. The van der Waals surface area contributed by atoms with Crippen molar-refractivity contribution in [1.82, 2.24) is 0 Å². The van der Waals surface area contributed by atoms with Gasteiger partial charge in [-0.15, -0.1) is 0 Å². The maximum atomic E-state index is 11.6. The Hall–Kier alpha value is -0.920. The highest BCUT2D eigenvalue weighted by Gasteiger charge is 2.20. The SMILES string of the molecule is CC(C)CC=CCC(=O)CC(C)(C)CC=O. The second-order valence-electron chi connectivity index (χ2n) is 5.56. The summed E-state index contributed by atoms with van der Waals surface area (Å²) in [5.41, 5.74) is -0.190. The molecule has 0 aromatic heterocycles. The van der Waals surface area contributed by atoms with Crippen molar-refractivity contribution >= 4 is 12.1 Å². The van der Waals surface area contributed by atoms with Gasteiger partial charge >= 0.3 is 0 Å². The molecule has 16 heavy (non-hydrogen) atoms. The maximum absolute atomic E-state index is 11.6. The van der Waals surface area contributed by atoms with Crippen molar-refractivity contribution in [2.75, 3.05) is 0 Å². The maximum Gasteiger partial charge on any atom is 0.137 e. The molecule has 0 saturated carbocycles. The van der Waals surface area contributed by atoms with Gasteiger partial charge in [0.25, 0.3) is 0 Å². The summed E-state index contributed by atoms with van der Waals surface area (Å²) in [6.07, 6.45) is 7.35. The zero-order valence-electron chi connectivity index (χ0n) is 11.0. The summed E-state index contributed by atoms with van der Waals surface area (Å²) < 4.78 is 0. The van der Waals surface area contributed by atoms with Gasteiger partial charge in [0.1, 0.15) is 12.1 Å². The average molecular weight is 224 g/mol. The zero-order chi connectivity index (χ0) is 12.6. The molecule has 0 heterocycles. The van der Waals surface area contributed by atoms with Gasteiger partial charge in [0.15, 0.2) is 0 Å². The van der Waals surface area contributed by atoms with Gasteiger partial charge in [-0.3, -0.25) is 4.79 Å². The first-order valence-electron chi connectivity index (χ1n) is 5.98. The molecule has 0 aromatic rings. The van der Waals surface area contributed by atoms with Crippen LogP contribution < -0.4 is 0 Å². The first kappa shape index (κ1) is 15.1. The molecular weight excluding hydrogens is 200 g/mol. The summed E-state index contributed by atoms with van der Waals surface area (Å²) in [6, 6.07) is 0. The minimum Gasteiger partial charge on any atom is -0.303 e. The van der Waals surface area contributed by atoms with E-state index in [4.69, 9.17) is 0 Å². The molecule has 0 N–H and O–H groups in total. The van der Waals surface area contributed by atoms with E-state index in [1.54, 1.807) is 0 Å². The summed E-state index contributed by atoms with van der Waals surface area (Å²) in [4.78, 5) is 22.0. The van der Waals surface area contributed by atoms with E-state index < -0.39 is 0 Å². The smallest absolute Gasteiger partial charge is 0.137 e. The number of allylic oxidation sites excluding steroid dienone is 2. The third kappa shape index (κ3) is 8.39. The van der Waals surface area contributed by atoms with Crippen LogP contribution in [-0.4, -0.2) is 12.1 Å². The lowest BCUT2D eigenvalue weighted by molar-refractivity contribution is -0.120. The molecule has 0 bridgehead atoms. The zero-order valence-corrected chi connectivity index (χ0v) is 11.0. The van der Waals surface area contributed by atoms with E-state index in [0.29, 0.717) is 25.2 Å². The Balaban J connectivity index is 3.90. The normalized spacial score (nSPS) is 12.3. The lowest BCUT2D eigenvalue weighted by atomic mass is 9.84. The van der Waals surface area contributed by atoms with E-state index >= 15 is 0 Å². The fourth-order valence-corrected chi connectivity index (χ4v) is 1.49. The summed E-state index contributed by atoms with van der Waals surface area (Å²) in [6.45, 7) is 8.22. The lowest BCUT2D eigenvalue weighted by Crippen LogP contribution is -2.17. The number of carbonyl (C=O) groups is 2. The molecule has 0 amide bonds. The van der Waals surface area contributed by atoms with Crippen LogP contribution in [0.5, 0.6) is 0 Å². The molecule has 0 aliphatic heterocycles. The lowest BCUT2D eigenvalue weighted by Gasteiger charge is -2.19. The van der Waals surface area contributed by atoms with Gasteiger partial charge in [-0.2, -0.15) is 0 Å². The Morgan fingerprint density at radius 2 is 1.88 bits per heavy atom. The van der Waals surface area contributed by atoms with Gasteiger partial charge in [-0.05, 0) is 17.8 Å². The van der Waals surface area contributed by atoms with Crippen molar-refractivity contribution in [3.8, 4) is 0 Å². The van der Waals surface area contributed by atoms with Gasteiger partial charge in [-0.1, -0.05) is 39.8 Å². The van der Waals surface area contributed by atoms with Crippen molar-refractivity contribution < 1.29 is 9.59 Å². The molecule has 2 heteroatoms. The molecule has 2 nitrogen and oxygen atoms in total. The predicted molar refractivity (Wildman–Crippen MR) is 67.3 cm³/mol. The van der Waals surface area contributed by atoms with E-state index in [1.807, 2.05) is 19.9 Å². The van der Waals surface area contributed by atoms with Gasteiger partial charge < -0.3 is 4.79 Å². The van der Waals surface area contributed by atoms with Crippen LogP contribution in [0, 0.1) is 11.3 Å². The van der Waals surface area contributed by atoms with Gasteiger partial charge in [0.2, 0.25) is 0 Å². The Morgan fingerprint density at radius 3 is 2.38 bits per heavy atom. The predicted octanol–water partition coefficient (Wildman–Crippen LogP) is 3.55. The first-order valence-corrected chi connectivity index (χ1v) is 5.98. The Kier molecular flexibility index (Phi) is 6.95. The van der Waals surface area contributed by atoms with Crippen LogP contribution in [0.3, 0.4) is 0 Å². The highest BCUT2D eigenvalue weighted by Crippen LogP contribution is 2.24. The number of carbonyl (C=O) groups excluding carboxylic acids is 2. The first-order chi connectivity index (χ1) is 7.37. The van der Waals surface area contributed by atoms with Gasteiger partial charge in [0, 0.05) is 19.3 Å². The molecule has 92 valence electrons. The molecule has 0 spiro atoms. The van der Waals surface area contributed by atoms with Crippen LogP contribution in [-0.2, 0) is 9.59 Å². The summed E-state index contributed by atoms with van der Waals surface area (Å²) in [7, 11) is 0. The van der Waals surface area contributed by atoms with E-state index in [0.717, 1.165) is 12.7 Å². The second kappa shape index (κ2) is 7.37. The molecule has 0 rings (SSSR count). The fourth-order valence-electron chi connectivity index (χ4n) is 1.49. The molecule has 0 aromatic carbocycles. The van der Waals surface area contributed by atoms with Crippen LogP contribution in [0.1, 0.15) is 53.4 Å². The minimum atomic E-state index is -0.190. The third-order valence-corrected chi connectivity index (χ3v) is 2.43. The van der Waals surface area contributed by atoms with Gasteiger partial charge in [-0.25, -0.2) is 0 Å².